The van der Waals surface area contributed by atoms with Crippen LogP contribution in [0.25, 0.3) is 0 Å². The normalized spacial score (nSPS) is 26.8. The Balaban J connectivity index is 2.81. The van der Waals surface area contributed by atoms with Crippen LogP contribution >= 0.6 is 0 Å². The minimum atomic E-state index is -3.34. The van der Waals surface area contributed by atoms with Gasteiger partial charge in [-0.05, 0) is 6.92 Å². The van der Waals surface area contributed by atoms with Crippen LogP contribution in [0.3, 0.4) is 0 Å². The minimum absolute atomic E-state index is 0.0594. The molecule has 1 rings (SSSR count). The Morgan fingerprint density at radius 1 is 1.47 bits per heavy atom. The Bertz CT molecular complexity index is 368. The zero-order valence-electron chi connectivity index (χ0n) is 9.57. The molecule has 7 nitrogen and oxygen atoms in total. The van der Waals surface area contributed by atoms with E-state index >= 15 is 0 Å². The van der Waals surface area contributed by atoms with Crippen molar-refractivity contribution >= 4 is 15.9 Å². The van der Waals surface area contributed by atoms with Crippen LogP contribution in [0.1, 0.15) is 6.92 Å². The maximum atomic E-state index is 11.6. The summed E-state index contributed by atoms with van der Waals surface area (Å²) in [4.78, 5) is 12.6. The van der Waals surface area contributed by atoms with E-state index in [1.165, 1.54) is 0 Å². The third-order valence-corrected chi connectivity index (χ3v) is 4.24. The second-order valence-electron chi connectivity index (χ2n) is 3.83. The lowest BCUT2D eigenvalue weighted by Crippen LogP contribution is -2.48. The van der Waals surface area contributed by atoms with Gasteiger partial charge in [-0.3, -0.25) is 4.90 Å². The van der Waals surface area contributed by atoms with Crippen LogP contribution in [-0.4, -0.2) is 73.0 Å². The number of ether oxygens (including phenoxy) is 1. The highest BCUT2D eigenvalue weighted by Crippen LogP contribution is 2.19. The number of rotatable bonds is 4. The van der Waals surface area contributed by atoms with Gasteiger partial charge in [0.2, 0.25) is 0 Å². The van der Waals surface area contributed by atoms with E-state index in [0.29, 0.717) is 0 Å². The zero-order chi connectivity index (χ0) is 13.1. The molecule has 1 aliphatic heterocycles. The summed E-state index contributed by atoms with van der Waals surface area (Å²) < 4.78 is 27.4. The van der Waals surface area contributed by atoms with Gasteiger partial charge in [-0.1, -0.05) is 0 Å². The van der Waals surface area contributed by atoms with Crippen LogP contribution in [0.4, 0.5) is 4.79 Å². The highest BCUT2D eigenvalue weighted by Gasteiger charge is 2.42. The van der Waals surface area contributed by atoms with E-state index in [9.17, 15) is 18.3 Å². The van der Waals surface area contributed by atoms with Crippen molar-refractivity contribution in [2.45, 2.75) is 19.1 Å². The topological polar surface area (TPSA) is 104 Å². The minimum Gasteiger partial charge on any atom is -0.450 e. The SMILES string of the molecule is CCOC(=O)N(CCO)[C@@H]1CS(=O)(=O)C[C@@H]1O. The molecule has 2 N–H and O–H groups in total. The first kappa shape index (κ1) is 14.2. The van der Waals surface area contributed by atoms with Crippen LogP contribution in [0.5, 0.6) is 0 Å². The molecule has 0 unspecified atom stereocenters. The molecule has 0 aromatic heterocycles. The molecule has 17 heavy (non-hydrogen) atoms. The Hall–Kier alpha value is -0.860. The first-order valence-corrected chi connectivity index (χ1v) is 7.16. The maximum Gasteiger partial charge on any atom is 0.410 e. The van der Waals surface area contributed by atoms with Crippen molar-refractivity contribution in [3.05, 3.63) is 0 Å². The van der Waals surface area contributed by atoms with Crippen molar-refractivity contribution < 1.29 is 28.2 Å². The van der Waals surface area contributed by atoms with Crippen LogP contribution < -0.4 is 0 Å². The lowest BCUT2D eigenvalue weighted by molar-refractivity contribution is 0.0482. The molecule has 0 radical (unpaired) electrons. The van der Waals surface area contributed by atoms with E-state index in [1.807, 2.05) is 0 Å². The molecule has 0 aromatic rings. The molecule has 0 spiro atoms. The fraction of sp³-hybridized carbons (Fsp3) is 0.889. The number of aliphatic hydroxyl groups excluding tert-OH is 2. The summed E-state index contributed by atoms with van der Waals surface area (Å²) in [5, 5.41) is 18.5. The van der Waals surface area contributed by atoms with E-state index in [1.54, 1.807) is 6.92 Å². The quantitative estimate of drug-likeness (QED) is 0.649. The van der Waals surface area contributed by atoms with Gasteiger partial charge in [-0.15, -0.1) is 0 Å². The molecular formula is C9H17NO6S. The van der Waals surface area contributed by atoms with E-state index in [0.717, 1.165) is 4.90 Å². The number of aliphatic hydroxyl groups is 2. The molecule has 0 aromatic carbocycles. The van der Waals surface area contributed by atoms with Gasteiger partial charge in [0.1, 0.15) is 0 Å². The van der Waals surface area contributed by atoms with Gasteiger partial charge < -0.3 is 14.9 Å². The van der Waals surface area contributed by atoms with Gasteiger partial charge >= 0.3 is 6.09 Å². The first-order chi connectivity index (χ1) is 7.91. The van der Waals surface area contributed by atoms with Gasteiger partial charge in [-0.2, -0.15) is 0 Å². The summed E-state index contributed by atoms with van der Waals surface area (Å²) in [7, 11) is -3.34. The molecule has 2 atom stereocenters. The van der Waals surface area contributed by atoms with Gasteiger partial charge in [0.15, 0.2) is 9.84 Å². The highest BCUT2D eigenvalue weighted by molar-refractivity contribution is 7.91. The number of hydrogen-bond acceptors (Lipinski definition) is 6. The zero-order valence-corrected chi connectivity index (χ0v) is 10.4. The number of sulfone groups is 1. The lowest BCUT2D eigenvalue weighted by atomic mass is 10.2. The Morgan fingerprint density at radius 3 is 2.53 bits per heavy atom. The van der Waals surface area contributed by atoms with Crippen LogP contribution in [-0.2, 0) is 14.6 Å². The van der Waals surface area contributed by atoms with E-state index in [4.69, 9.17) is 9.84 Å². The van der Waals surface area contributed by atoms with Gasteiger partial charge in [0.05, 0.1) is 36.9 Å². The molecule has 100 valence electrons. The van der Waals surface area contributed by atoms with E-state index < -0.39 is 28.1 Å². The van der Waals surface area contributed by atoms with Crippen LogP contribution in [0.15, 0.2) is 0 Å². The average Bonchev–Trinajstić information content (AvgIpc) is 2.49. The molecule has 0 aliphatic carbocycles. The molecule has 1 aliphatic rings. The van der Waals surface area contributed by atoms with Gasteiger partial charge in [-0.25, -0.2) is 13.2 Å². The summed E-state index contributed by atoms with van der Waals surface area (Å²) >= 11 is 0. The molecule has 1 fully saturated rings. The van der Waals surface area contributed by atoms with Gasteiger partial charge in [0.25, 0.3) is 0 Å². The summed E-state index contributed by atoms with van der Waals surface area (Å²) in [5.74, 6) is -0.661. The highest BCUT2D eigenvalue weighted by atomic mass is 32.2. The fourth-order valence-electron chi connectivity index (χ4n) is 1.81. The third-order valence-electron chi connectivity index (χ3n) is 2.54. The van der Waals surface area contributed by atoms with Gasteiger partial charge in [0, 0.05) is 6.54 Å². The molecule has 0 bridgehead atoms. The second-order valence-corrected chi connectivity index (χ2v) is 5.98. The van der Waals surface area contributed by atoms with Crippen LogP contribution in [0.2, 0.25) is 0 Å². The van der Waals surface area contributed by atoms with Crippen molar-refractivity contribution in [2.24, 2.45) is 0 Å². The van der Waals surface area contributed by atoms with Crippen molar-refractivity contribution in [1.82, 2.24) is 4.90 Å². The number of amides is 1. The number of nitrogens with zero attached hydrogens (tertiary/aromatic N) is 1. The standard InChI is InChI=1S/C9H17NO6S/c1-2-16-9(13)10(3-4-11)7-5-17(14,15)6-8(7)12/h7-8,11-12H,2-6H2,1H3/t7-,8+/m1/s1. The molecule has 8 heteroatoms. The number of carbonyl (C=O) groups excluding carboxylic acids is 1. The summed E-state index contributed by atoms with van der Waals surface area (Å²) in [6, 6.07) is -0.841. The van der Waals surface area contributed by atoms with Crippen molar-refractivity contribution in [3.63, 3.8) is 0 Å². The predicted molar refractivity (Wildman–Crippen MR) is 59.3 cm³/mol. The summed E-state index contributed by atoms with van der Waals surface area (Å²) in [6.45, 7) is 1.39. The molecule has 1 heterocycles. The van der Waals surface area contributed by atoms with Crippen molar-refractivity contribution in [1.29, 1.82) is 0 Å². The van der Waals surface area contributed by atoms with E-state index in [-0.39, 0.29) is 31.3 Å². The molecule has 1 saturated heterocycles. The summed E-state index contributed by atoms with van der Waals surface area (Å²) in [6.07, 6.45) is -1.85. The third kappa shape index (κ3) is 3.55. The Labute approximate surface area is 99.9 Å². The monoisotopic (exact) mass is 267 g/mol. The predicted octanol–water partition coefficient (Wildman–Crippen LogP) is -1.40. The fourth-order valence-corrected chi connectivity index (χ4v) is 3.62. The lowest BCUT2D eigenvalue weighted by Gasteiger charge is -2.28. The average molecular weight is 267 g/mol. The molecule has 1 amide bonds. The van der Waals surface area contributed by atoms with Crippen LogP contribution in [0, 0.1) is 0 Å². The number of carbonyl (C=O) groups is 1. The first-order valence-electron chi connectivity index (χ1n) is 5.34. The number of hydrogen-bond donors (Lipinski definition) is 2. The summed E-state index contributed by atoms with van der Waals surface area (Å²) in [5.41, 5.74) is 0. The largest absolute Gasteiger partial charge is 0.450 e. The maximum absolute atomic E-state index is 11.6. The smallest absolute Gasteiger partial charge is 0.410 e. The van der Waals surface area contributed by atoms with Crippen molar-refractivity contribution in [2.75, 3.05) is 31.3 Å². The molecular weight excluding hydrogens is 250 g/mol. The van der Waals surface area contributed by atoms with E-state index in [2.05, 4.69) is 0 Å². The molecule has 0 saturated carbocycles. The van der Waals surface area contributed by atoms with Crippen molar-refractivity contribution in [3.8, 4) is 0 Å². The Morgan fingerprint density at radius 2 is 2.12 bits per heavy atom. The second kappa shape index (κ2) is 5.65. The Kier molecular flexibility index (Phi) is 4.72.